The summed E-state index contributed by atoms with van der Waals surface area (Å²) in [6.07, 6.45) is 1.03. The number of quaternary nitrogens is 1. The fraction of sp³-hybridized carbons (Fsp3) is 0.217. The maximum absolute atomic E-state index is 2.37. The van der Waals surface area contributed by atoms with Crippen molar-refractivity contribution in [1.29, 1.82) is 0 Å². The van der Waals surface area contributed by atoms with E-state index in [2.05, 4.69) is 99.0 Å². The lowest BCUT2D eigenvalue weighted by molar-refractivity contribution is -0.958. The first-order valence-corrected chi connectivity index (χ1v) is 8.64. The monoisotopic (exact) mass is 393 g/mol. The Morgan fingerprint density at radius 2 is 1.08 bits per heavy atom. The highest BCUT2D eigenvalue weighted by molar-refractivity contribution is 5.42. The number of halogens is 1. The molecule has 1 heterocycles. The zero-order chi connectivity index (χ0) is 16.6. The molecule has 128 valence electrons. The molecule has 1 aliphatic heterocycles. The second kappa shape index (κ2) is 6.78. The van der Waals surface area contributed by atoms with E-state index in [0.29, 0.717) is 0 Å². The summed E-state index contributed by atoms with van der Waals surface area (Å²) in [7, 11) is 4.74. The Bertz CT molecular complexity index is 801. The van der Waals surface area contributed by atoms with Crippen LogP contribution >= 0.6 is 0 Å². The van der Waals surface area contributed by atoms with E-state index in [1.54, 1.807) is 0 Å². The second-order valence-electron chi connectivity index (χ2n) is 7.38. The molecule has 0 bridgehead atoms. The minimum Gasteiger partial charge on any atom is -1.00 e. The van der Waals surface area contributed by atoms with E-state index in [4.69, 9.17) is 0 Å². The Balaban J connectivity index is 0.00000182. The van der Waals surface area contributed by atoms with Gasteiger partial charge in [0.1, 0.15) is 6.54 Å². The molecule has 1 nitrogen and oxygen atoms in total. The van der Waals surface area contributed by atoms with Gasteiger partial charge in [0, 0.05) is 23.1 Å². The first-order valence-electron chi connectivity index (χ1n) is 8.64. The number of nitrogens with zero attached hydrogens (tertiary/aromatic N) is 1. The van der Waals surface area contributed by atoms with Gasteiger partial charge in [-0.2, -0.15) is 0 Å². The van der Waals surface area contributed by atoms with Gasteiger partial charge >= 0.3 is 0 Å². The Labute approximate surface area is 161 Å². The van der Waals surface area contributed by atoms with Crippen molar-refractivity contribution in [3.63, 3.8) is 0 Å². The van der Waals surface area contributed by atoms with Crippen LogP contribution in [0, 0.1) is 0 Å². The smallest absolute Gasteiger partial charge is 0.154 e. The molecule has 0 aromatic heterocycles. The van der Waals surface area contributed by atoms with Crippen molar-refractivity contribution >= 4 is 0 Å². The van der Waals surface area contributed by atoms with Crippen molar-refractivity contribution in [3.05, 3.63) is 107 Å². The molecule has 0 atom stereocenters. The highest BCUT2D eigenvalue weighted by atomic mass is 79.9. The van der Waals surface area contributed by atoms with E-state index in [1.807, 2.05) is 0 Å². The topological polar surface area (TPSA) is 0 Å². The largest absolute Gasteiger partial charge is 1.00 e. The van der Waals surface area contributed by atoms with Crippen LogP contribution in [0.3, 0.4) is 0 Å². The molecule has 25 heavy (non-hydrogen) atoms. The minimum absolute atomic E-state index is 0. The van der Waals surface area contributed by atoms with Gasteiger partial charge in [0.05, 0.1) is 14.1 Å². The van der Waals surface area contributed by atoms with E-state index in [1.165, 1.54) is 22.3 Å². The third-order valence-electron chi connectivity index (χ3n) is 5.67. The molecule has 3 aromatic rings. The molecule has 0 radical (unpaired) electrons. The zero-order valence-corrected chi connectivity index (χ0v) is 16.4. The van der Waals surface area contributed by atoms with E-state index in [-0.39, 0.29) is 22.5 Å². The van der Waals surface area contributed by atoms with E-state index < -0.39 is 0 Å². The molecule has 0 saturated carbocycles. The maximum atomic E-state index is 2.37. The van der Waals surface area contributed by atoms with Crippen molar-refractivity contribution in [1.82, 2.24) is 0 Å². The van der Waals surface area contributed by atoms with Gasteiger partial charge < -0.3 is 21.5 Å². The average Bonchev–Trinajstić information content (AvgIpc) is 2.62. The number of hydrogen-bond acceptors (Lipinski definition) is 0. The van der Waals surface area contributed by atoms with Gasteiger partial charge in [-0.1, -0.05) is 84.9 Å². The molecule has 0 amide bonds. The van der Waals surface area contributed by atoms with E-state index >= 15 is 0 Å². The Morgan fingerprint density at radius 1 is 0.640 bits per heavy atom. The summed E-state index contributed by atoms with van der Waals surface area (Å²) in [4.78, 5) is 0. The predicted octanol–water partition coefficient (Wildman–Crippen LogP) is 1.77. The zero-order valence-electron chi connectivity index (χ0n) is 14.8. The summed E-state index contributed by atoms with van der Waals surface area (Å²) >= 11 is 0. The van der Waals surface area contributed by atoms with Crippen LogP contribution in [-0.2, 0) is 18.5 Å². The van der Waals surface area contributed by atoms with Crippen molar-refractivity contribution in [2.45, 2.75) is 18.5 Å². The molecule has 0 N–H and O–H groups in total. The third kappa shape index (κ3) is 2.84. The fourth-order valence-corrected chi connectivity index (χ4v) is 4.43. The van der Waals surface area contributed by atoms with Gasteiger partial charge in [-0.25, -0.2) is 0 Å². The van der Waals surface area contributed by atoms with Crippen LogP contribution in [0.2, 0.25) is 0 Å². The standard InChI is InChI=1S/C23H24N.BrH/c1-24(2)18-20-12-10-9-11-19(20)17-23(24,21-13-5-3-6-14-21)22-15-7-4-8-16-22;/h3-16H,17-18H2,1-2H3;1H/q+1;/p-1. The Kier molecular flexibility index (Phi) is 4.86. The molecule has 0 unspecified atom stereocenters. The lowest BCUT2D eigenvalue weighted by atomic mass is 9.72. The van der Waals surface area contributed by atoms with E-state index in [0.717, 1.165) is 17.4 Å². The lowest BCUT2D eigenvalue weighted by Crippen LogP contribution is -3.00. The highest BCUT2D eigenvalue weighted by Crippen LogP contribution is 2.46. The molecule has 0 aliphatic carbocycles. The summed E-state index contributed by atoms with van der Waals surface area (Å²) in [6, 6.07) is 31.0. The van der Waals surface area contributed by atoms with Crippen LogP contribution in [0.1, 0.15) is 22.3 Å². The molecule has 1 aliphatic rings. The number of likely N-dealkylation sites (N-methyl/N-ethyl adjacent to an activating group) is 1. The van der Waals surface area contributed by atoms with Gasteiger partial charge in [0.25, 0.3) is 0 Å². The third-order valence-corrected chi connectivity index (χ3v) is 5.67. The van der Waals surface area contributed by atoms with Crippen LogP contribution in [-0.4, -0.2) is 18.6 Å². The van der Waals surface area contributed by atoms with Crippen LogP contribution in [0.5, 0.6) is 0 Å². The van der Waals surface area contributed by atoms with Gasteiger partial charge in [-0.05, 0) is 5.56 Å². The van der Waals surface area contributed by atoms with Gasteiger partial charge in [0.15, 0.2) is 5.54 Å². The first-order chi connectivity index (χ1) is 11.6. The molecule has 0 spiro atoms. The molecular weight excluding hydrogens is 370 g/mol. The lowest BCUT2D eigenvalue weighted by Gasteiger charge is -2.52. The molecule has 0 fully saturated rings. The van der Waals surface area contributed by atoms with Gasteiger partial charge in [0.2, 0.25) is 0 Å². The Morgan fingerprint density at radius 3 is 1.60 bits per heavy atom. The summed E-state index contributed by atoms with van der Waals surface area (Å²) < 4.78 is 0.929. The molecule has 0 saturated heterocycles. The fourth-order valence-electron chi connectivity index (χ4n) is 4.43. The molecule has 4 rings (SSSR count). The second-order valence-corrected chi connectivity index (χ2v) is 7.38. The quantitative estimate of drug-likeness (QED) is 0.582. The summed E-state index contributed by atoms with van der Waals surface area (Å²) in [5.74, 6) is 0. The number of rotatable bonds is 2. The average molecular weight is 394 g/mol. The Hall–Kier alpha value is -1.90. The number of fused-ring (bicyclic) bond motifs is 1. The summed E-state index contributed by atoms with van der Waals surface area (Å²) in [5, 5.41) is 0. The van der Waals surface area contributed by atoms with Crippen molar-refractivity contribution in [2.75, 3.05) is 14.1 Å². The molecular formula is C23H24BrN. The normalized spacial score (nSPS) is 17.2. The van der Waals surface area contributed by atoms with Crippen molar-refractivity contribution in [3.8, 4) is 0 Å². The van der Waals surface area contributed by atoms with Crippen molar-refractivity contribution in [2.24, 2.45) is 0 Å². The van der Waals surface area contributed by atoms with Crippen LogP contribution in [0.15, 0.2) is 84.9 Å². The minimum atomic E-state index is -0.0587. The summed E-state index contributed by atoms with van der Waals surface area (Å²) in [5.41, 5.74) is 5.69. The molecule has 2 heteroatoms. The molecule has 3 aromatic carbocycles. The van der Waals surface area contributed by atoms with Crippen LogP contribution in [0.25, 0.3) is 0 Å². The van der Waals surface area contributed by atoms with Gasteiger partial charge in [-0.3, -0.25) is 0 Å². The van der Waals surface area contributed by atoms with Crippen LogP contribution in [0.4, 0.5) is 0 Å². The first kappa shape index (κ1) is 17.9. The summed E-state index contributed by atoms with van der Waals surface area (Å²) in [6.45, 7) is 1.04. The van der Waals surface area contributed by atoms with E-state index in [9.17, 15) is 0 Å². The van der Waals surface area contributed by atoms with Crippen molar-refractivity contribution < 1.29 is 21.5 Å². The SMILES string of the molecule is C[N+]1(C)Cc2ccccc2CC1(c1ccccc1)c1ccccc1.[Br-]. The maximum Gasteiger partial charge on any atom is 0.154 e. The van der Waals surface area contributed by atoms with Gasteiger partial charge in [-0.15, -0.1) is 0 Å². The van der Waals surface area contributed by atoms with Crippen LogP contribution < -0.4 is 17.0 Å². The predicted molar refractivity (Wildman–Crippen MR) is 99.6 cm³/mol. The number of hydrogen-bond donors (Lipinski definition) is 0. The highest BCUT2D eigenvalue weighted by Gasteiger charge is 2.51. The number of benzene rings is 3.